The van der Waals surface area contributed by atoms with Crippen LogP contribution in [0, 0.1) is 5.92 Å². The SMILES string of the molecule is CN(CCC(=O)O)C(=O)[C@@H]1CO[C@H](CNC(=O)OCC2c3ccccc3-c3ccccc32)C1. The van der Waals surface area contributed by atoms with E-state index < -0.39 is 12.1 Å². The van der Waals surface area contributed by atoms with Crippen molar-refractivity contribution in [2.45, 2.75) is 24.9 Å². The molecule has 2 atom stereocenters. The Bertz CT molecular complexity index is 994. The van der Waals surface area contributed by atoms with E-state index in [-0.39, 0.29) is 56.6 Å². The van der Waals surface area contributed by atoms with Gasteiger partial charge in [0, 0.05) is 26.1 Å². The zero-order chi connectivity index (χ0) is 23.4. The third-order valence-corrected chi connectivity index (χ3v) is 6.28. The van der Waals surface area contributed by atoms with Crippen molar-refractivity contribution in [2.75, 3.05) is 33.4 Å². The second-order valence-electron chi connectivity index (χ2n) is 8.50. The maximum Gasteiger partial charge on any atom is 0.407 e. The predicted molar refractivity (Wildman–Crippen MR) is 121 cm³/mol. The summed E-state index contributed by atoms with van der Waals surface area (Å²) in [6, 6.07) is 16.3. The number of hydrogen-bond acceptors (Lipinski definition) is 5. The first-order valence-electron chi connectivity index (χ1n) is 11.1. The van der Waals surface area contributed by atoms with Crippen molar-refractivity contribution in [3.63, 3.8) is 0 Å². The number of fused-ring (bicyclic) bond motifs is 3. The molecule has 2 aliphatic rings. The van der Waals surface area contributed by atoms with Gasteiger partial charge in [-0.05, 0) is 28.7 Å². The number of ether oxygens (including phenoxy) is 2. The van der Waals surface area contributed by atoms with Gasteiger partial charge < -0.3 is 24.8 Å². The monoisotopic (exact) mass is 452 g/mol. The van der Waals surface area contributed by atoms with Crippen molar-refractivity contribution in [1.29, 1.82) is 0 Å². The minimum atomic E-state index is -0.942. The average Bonchev–Trinajstić information content (AvgIpc) is 3.42. The molecule has 2 aromatic rings. The maximum atomic E-state index is 12.4. The summed E-state index contributed by atoms with van der Waals surface area (Å²) in [7, 11) is 1.59. The average molecular weight is 453 g/mol. The summed E-state index contributed by atoms with van der Waals surface area (Å²) in [6.07, 6.45) is -0.427. The number of amides is 2. The number of hydrogen-bond donors (Lipinski definition) is 2. The van der Waals surface area contributed by atoms with Gasteiger partial charge >= 0.3 is 12.1 Å². The molecule has 2 amide bonds. The molecule has 0 saturated carbocycles. The lowest BCUT2D eigenvalue weighted by atomic mass is 9.98. The van der Waals surface area contributed by atoms with Gasteiger partial charge in [-0.3, -0.25) is 9.59 Å². The molecule has 1 fully saturated rings. The molecule has 1 heterocycles. The number of nitrogens with zero attached hydrogens (tertiary/aromatic N) is 1. The number of benzene rings is 2. The number of carbonyl (C=O) groups is 3. The molecular formula is C25H28N2O6. The minimum absolute atomic E-state index is 0.00535. The Balaban J connectivity index is 1.24. The summed E-state index contributed by atoms with van der Waals surface area (Å²) in [6.45, 7) is 0.904. The van der Waals surface area contributed by atoms with Gasteiger partial charge in [0.1, 0.15) is 6.61 Å². The van der Waals surface area contributed by atoms with Gasteiger partial charge in [-0.2, -0.15) is 0 Å². The second-order valence-corrected chi connectivity index (χ2v) is 8.50. The van der Waals surface area contributed by atoms with Gasteiger partial charge in [-0.15, -0.1) is 0 Å². The van der Waals surface area contributed by atoms with Crippen molar-refractivity contribution in [2.24, 2.45) is 5.92 Å². The Morgan fingerprint density at radius 2 is 1.73 bits per heavy atom. The van der Waals surface area contributed by atoms with Gasteiger partial charge in [0.2, 0.25) is 5.91 Å². The Morgan fingerprint density at radius 3 is 2.36 bits per heavy atom. The molecule has 8 nitrogen and oxygen atoms in total. The lowest BCUT2D eigenvalue weighted by Gasteiger charge is -2.19. The molecule has 0 spiro atoms. The number of rotatable bonds is 8. The van der Waals surface area contributed by atoms with Crippen LogP contribution in [-0.4, -0.2) is 67.4 Å². The van der Waals surface area contributed by atoms with E-state index in [0.717, 1.165) is 11.1 Å². The van der Waals surface area contributed by atoms with Crippen LogP contribution in [0.2, 0.25) is 0 Å². The summed E-state index contributed by atoms with van der Waals surface area (Å²) < 4.78 is 11.2. The van der Waals surface area contributed by atoms with E-state index in [4.69, 9.17) is 14.6 Å². The standard InChI is InChI=1S/C25H28N2O6/c1-27(11-10-23(28)29)24(30)16-12-17(32-14-16)13-26-25(31)33-15-22-20-8-4-2-6-18(20)19-7-3-5-9-21(19)22/h2-9,16-17,22H,10-15H2,1H3,(H,26,31)(H,28,29)/t16-,17-/m0/s1. The number of carbonyl (C=O) groups excluding carboxylic acids is 2. The Kier molecular flexibility index (Phi) is 6.93. The molecule has 174 valence electrons. The van der Waals surface area contributed by atoms with Crippen LogP contribution < -0.4 is 5.32 Å². The van der Waals surface area contributed by atoms with E-state index in [9.17, 15) is 14.4 Å². The molecule has 1 aliphatic heterocycles. The molecule has 1 aliphatic carbocycles. The van der Waals surface area contributed by atoms with Crippen LogP contribution in [0.25, 0.3) is 11.1 Å². The van der Waals surface area contributed by atoms with Gasteiger partial charge in [0.15, 0.2) is 0 Å². The van der Waals surface area contributed by atoms with Gasteiger partial charge in [0.25, 0.3) is 0 Å². The number of carboxylic acid groups (broad SMARTS) is 1. The van der Waals surface area contributed by atoms with Gasteiger partial charge in [0.05, 0.1) is 25.0 Å². The van der Waals surface area contributed by atoms with E-state index in [1.807, 2.05) is 24.3 Å². The Hall–Kier alpha value is -3.39. The molecule has 8 heteroatoms. The molecule has 33 heavy (non-hydrogen) atoms. The van der Waals surface area contributed by atoms with Crippen molar-refractivity contribution in [1.82, 2.24) is 10.2 Å². The highest BCUT2D eigenvalue weighted by Gasteiger charge is 2.33. The topological polar surface area (TPSA) is 105 Å². The minimum Gasteiger partial charge on any atom is -0.481 e. The summed E-state index contributed by atoms with van der Waals surface area (Å²) in [5.74, 6) is -1.42. The van der Waals surface area contributed by atoms with Crippen LogP contribution in [0.15, 0.2) is 48.5 Å². The zero-order valence-corrected chi connectivity index (χ0v) is 18.5. The summed E-state index contributed by atoms with van der Waals surface area (Å²) >= 11 is 0. The van der Waals surface area contributed by atoms with E-state index in [1.54, 1.807) is 7.05 Å². The molecule has 1 saturated heterocycles. The first-order chi connectivity index (χ1) is 15.9. The van der Waals surface area contributed by atoms with Gasteiger partial charge in [-0.1, -0.05) is 48.5 Å². The smallest absolute Gasteiger partial charge is 0.407 e. The quantitative estimate of drug-likeness (QED) is 0.638. The predicted octanol–water partition coefficient (Wildman–Crippen LogP) is 2.86. The summed E-state index contributed by atoms with van der Waals surface area (Å²) in [5.41, 5.74) is 4.65. The molecule has 4 rings (SSSR count). The van der Waals surface area contributed by atoms with E-state index in [2.05, 4.69) is 29.6 Å². The normalized spacial score (nSPS) is 18.9. The molecule has 0 bridgehead atoms. The lowest BCUT2D eigenvalue weighted by molar-refractivity contribution is -0.139. The molecule has 2 N–H and O–H groups in total. The van der Waals surface area contributed by atoms with Crippen molar-refractivity contribution < 1.29 is 29.0 Å². The fourth-order valence-electron chi connectivity index (χ4n) is 4.55. The number of nitrogens with one attached hydrogen (secondary N) is 1. The van der Waals surface area contributed by atoms with Crippen molar-refractivity contribution in [3.8, 4) is 11.1 Å². The first-order valence-corrected chi connectivity index (χ1v) is 11.1. The van der Waals surface area contributed by atoms with Gasteiger partial charge in [-0.25, -0.2) is 4.79 Å². The molecule has 0 aromatic heterocycles. The Labute approximate surface area is 192 Å². The maximum absolute atomic E-state index is 12.4. The zero-order valence-electron chi connectivity index (χ0n) is 18.5. The van der Waals surface area contributed by atoms with Crippen molar-refractivity contribution in [3.05, 3.63) is 59.7 Å². The van der Waals surface area contributed by atoms with Crippen LogP contribution in [0.3, 0.4) is 0 Å². The van der Waals surface area contributed by atoms with E-state index >= 15 is 0 Å². The summed E-state index contributed by atoms with van der Waals surface area (Å²) in [5, 5.41) is 11.5. The lowest BCUT2D eigenvalue weighted by Crippen LogP contribution is -2.35. The fourth-order valence-corrected chi connectivity index (χ4v) is 4.55. The fraction of sp³-hybridized carbons (Fsp3) is 0.400. The third kappa shape index (κ3) is 5.17. The first kappa shape index (κ1) is 22.8. The van der Waals surface area contributed by atoms with Crippen LogP contribution >= 0.6 is 0 Å². The van der Waals surface area contributed by atoms with Crippen LogP contribution in [0.4, 0.5) is 4.79 Å². The molecule has 0 radical (unpaired) electrons. The Morgan fingerprint density at radius 1 is 1.09 bits per heavy atom. The number of aliphatic carboxylic acids is 1. The highest BCUT2D eigenvalue weighted by atomic mass is 16.5. The molecule has 2 aromatic carbocycles. The molecular weight excluding hydrogens is 424 g/mol. The summed E-state index contributed by atoms with van der Waals surface area (Å²) in [4.78, 5) is 36.9. The van der Waals surface area contributed by atoms with Crippen LogP contribution in [0.1, 0.15) is 29.9 Å². The number of alkyl carbamates (subject to hydrolysis) is 1. The van der Waals surface area contributed by atoms with Crippen LogP contribution in [-0.2, 0) is 19.1 Å². The van der Waals surface area contributed by atoms with E-state index in [1.165, 1.54) is 16.0 Å². The highest BCUT2D eigenvalue weighted by Crippen LogP contribution is 2.44. The number of carboxylic acids is 1. The largest absolute Gasteiger partial charge is 0.481 e. The highest BCUT2D eigenvalue weighted by molar-refractivity contribution is 5.80. The van der Waals surface area contributed by atoms with Crippen LogP contribution in [0.5, 0.6) is 0 Å². The third-order valence-electron chi connectivity index (χ3n) is 6.28. The second kappa shape index (κ2) is 10.0. The van der Waals surface area contributed by atoms with E-state index in [0.29, 0.717) is 6.42 Å². The van der Waals surface area contributed by atoms with Crippen molar-refractivity contribution >= 4 is 18.0 Å². The molecule has 0 unspecified atom stereocenters.